The number of aromatic nitrogens is 3. The first-order valence-electron chi connectivity index (χ1n) is 10.5. The molecule has 3 atom stereocenters. The summed E-state index contributed by atoms with van der Waals surface area (Å²) >= 11 is 0. The summed E-state index contributed by atoms with van der Waals surface area (Å²) in [5.41, 5.74) is -0.545. The van der Waals surface area contributed by atoms with Gasteiger partial charge in [0.2, 0.25) is 0 Å². The van der Waals surface area contributed by atoms with E-state index in [1.54, 1.807) is 12.1 Å². The normalized spacial score (nSPS) is 24.0. The van der Waals surface area contributed by atoms with E-state index >= 15 is 0 Å². The van der Waals surface area contributed by atoms with Gasteiger partial charge in [-0.2, -0.15) is 5.10 Å². The van der Waals surface area contributed by atoms with E-state index in [-0.39, 0.29) is 23.2 Å². The average molecular weight is 413 g/mol. The number of anilines is 1. The molecule has 0 bridgehead atoms. The standard InChI is InChI=1S/C21H27N5O4/c27-17-8-3-7-16(17)26-19(28)10-9-18(24-26)25-12-2-1-5-14(25)13-23-21(30)15-6-4-11-22-20(15)29/h4,6,9-11,14,16-17,27H,1-3,5,7-8,12-13H2,(H,22,29)(H,23,30). The van der Waals surface area contributed by atoms with Crippen LogP contribution in [0.4, 0.5) is 5.82 Å². The van der Waals surface area contributed by atoms with Gasteiger partial charge in [-0.25, -0.2) is 4.68 Å². The molecule has 0 spiro atoms. The number of H-pyrrole nitrogens is 1. The van der Waals surface area contributed by atoms with Crippen molar-refractivity contribution >= 4 is 11.7 Å². The van der Waals surface area contributed by atoms with Crippen molar-refractivity contribution in [3.05, 3.63) is 56.7 Å². The molecule has 1 aliphatic heterocycles. The predicted molar refractivity (Wildman–Crippen MR) is 112 cm³/mol. The quantitative estimate of drug-likeness (QED) is 0.667. The van der Waals surface area contributed by atoms with Gasteiger partial charge in [0.25, 0.3) is 17.0 Å². The van der Waals surface area contributed by atoms with Crippen LogP contribution in [-0.4, -0.2) is 51.0 Å². The molecular formula is C21H27N5O4. The maximum Gasteiger partial charge on any atom is 0.267 e. The minimum atomic E-state index is -0.550. The fourth-order valence-corrected chi connectivity index (χ4v) is 4.43. The number of amides is 1. The van der Waals surface area contributed by atoms with Gasteiger partial charge in [-0.05, 0) is 56.7 Å². The van der Waals surface area contributed by atoms with Gasteiger partial charge >= 0.3 is 0 Å². The molecule has 0 aromatic carbocycles. The summed E-state index contributed by atoms with van der Waals surface area (Å²) in [7, 11) is 0. The molecule has 9 nitrogen and oxygen atoms in total. The Labute approximate surface area is 173 Å². The van der Waals surface area contributed by atoms with Crippen LogP contribution in [0.2, 0.25) is 0 Å². The first-order valence-corrected chi connectivity index (χ1v) is 10.5. The van der Waals surface area contributed by atoms with E-state index in [1.165, 1.54) is 23.0 Å². The van der Waals surface area contributed by atoms with Crippen LogP contribution in [0.1, 0.15) is 54.9 Å². The maximum atomic E-state index is 12.4. The fourth-order valence-electron chi connectivity index (χ4n) is 4.43. The first-order chi connectivity index (χ1) is 14.5. The summed E-state index contributed by atoms with van der Waals surface area (Å²) in [5.74, 6) is 0.264. The van der Waals surface area contributed by atoms with Crippen LogP contribution in [0, 0.1) is 0 Å². The van der Waals surface area contributed by atoms with E-state index < -0.39 is 17.6 Å². The van der Waals surface area contributed by atoms with E-state index in [9.17, 15) is 19.5 Å². The second-order valence-corrected chi connectivity index (χ2v) is 8.01. The lowest BCUT2D eigenvalue weighted by Crippen LogP contribution is -2.48. The van der Waals surface area contributed by atoms with Crippen LogP contribution in [-0.2, 0) is 0 Å². The minimum absolute atomic E-state index is 0.0115. The highest BCUT2D eigenvalue weighted by Gasteiger charge is 2.30. The number of carbonyl (C=O) groups excluding carboxylic acids is 1. The largest absolute Gasteiger partial charge is 0.391 e. The molecule has 3 unspecified atom stereocenters. The van der Waals surface area contributed by atoms with Crippen molar-refractivity contribution in [1.82, 2.24) is 20.1 Å². The number of hydrogen-bond donors (Lipinski definition) is 3. The molecule has 1 aliphatic carbocycles. The van der Waals surface area contributed by atoms with Crippen molar-refractivity contribution in [2.24, 2.45) is 0 Å². The lowest BCUT2D eigenvalue weighted by molar-refractivity contribution is 0.0948. The molecule has 1 saturated carbocycles. The number of aromatic amines is 1. The highest BCUT2D eigenvalue weighted by Crippen LogP contribution is 2.29. The molecule has 4 rings (SSSR count). The minimum Gasteiger partial charge on any atom is -0.391 e. The smallest absolute Gasteiger partial charge is 0.267 e. The van der Waals surface area contributed by atoms with E-state index in [1.807, 2.05) is 0 Å². The molecule has 30 heavy (non-hydrogen) atoms. The van der Waals surface area contributed by atoms with Crippen LogP contribution in [0.25, 0.3) is 0 Å². The molecule has 0 radical (unpaired) electrons. The number of carbonyl (C=O) groups is 1. The SMILES string of the molecule is O=C(NCC1CCCCN1c1ccc(=O)n(C2CCCC2O)n1)c1ccc[nH]c1=O. The van der Waals surface area contributed by atoms with Gasteiger partial charge in [-0.15, -0.1) is 0 Å². The number of nitrogens with one attached hydrogen (secondary N) is 2. The summed E-state index contributed by atoms with van der Waals surface area (Å²) in [6, 6.07) is 6.05. The van der Waals surface area contributed by atoms with Crippen molar-refractivity contribution in [3.8, 4) is 0 Å². The predicted octanol–water partition coefficient (Wildman–Crippen LogP) is 0.806. The van der Waals surface area contributed by atoms with Gasteiger partial charge in [0.1, 0.15) is 11.4 Å². The summed E-state index contributed by atoms with van der Waals surface area (Å²) in [4.78, 5) is 41.2. The van der Waals surface area contributed by atoms with E-state index in [2.05, 4.69) is 20.3 Å². The fraction of sp³-hybridized carbons (Fsp3) is 0.524. The van der Waals surface area contributed by atoms with Gasteiger partial charge in [0.15, 0.2) is 0 Å². The monoisotopic (exact) mass is 413 g/mol. The number of rotatable bonds is 5. The molecule has 160 valence electrons. The van der Waals surface area contributed by atoms with E-state index in [4.69, 9.17) is 0 Å². The van der Waals surface area contributed by atoms with Crippen molar-refractivity contribution in [1.29, 1.82) is 0 Å². The van der Waals surface area contributed by atoms with E-state index in [0.717, 1.165) is 38.6 Å². The lowest BCUT2D eigenvalue weighted by Gasteiger charge is -2.37. The lowest BCUT2D eigenvalue weighted by atomic mass is 10.0. The molecule has 3 N–H and O–H groups in total. The van der Waals surface area contributed by atoms with Crippen molar-refractivity contribution < 1.29 is 9.90 Å². The summed E-state index contributed by atoms with van der Waals surface area (Å²) in [6.07, 6.45) is 6.14. The zero-order chi connectivity index (χ0) is 21.1. The van der Waals surface area contributed by atoms with Crippen LogP contribution in [0.5, 0.6) is 0 Å². The molecule has 2 aliphatic rings. The van der Waals surface area contributed by atoms with Crippen molar-refractivity contribution in [2.45, 2.75) is 56.7 Å². The Hall–Kier alpha value is -2.94. The maximum absolute atomic E-state index is 12.4. The summed E-state index contributed by atoms with van der Waals surface area (Å²) in [5, 5.41) is 17.6. The molecule has 9 heteroatoms. The molecule has 1 saturated heterocycles. The Balaban J connectivity index is 1.51. The van der Waals surface area contributed by atoms with Crippen LogP contribution in [0.15, 0.2) is 40.1 Å². The average Bonchev–Trinajstić information content (AvgIpc) is 3.18. The molecule has 3 heterocycles. The molecular weight excluding hydrogens is 386 g/mol. The van der Waals surface area contributed by atoms with Crippen LogP contribution in [0.3, 0.4) is 0 Å². The Morgan fingerprint density at radius 2 is 2.03 bits per heavy atom. The second kappa shape index (κ2) is 8.83. The molecule has 2 aromatic rings. The number of aliphatic hydroxyl groups is 1. The highest BCUT2D eigenvalue weighted by molar-refractivity contribution is 5.93. The zero-order valence-corrected chi connectivity index (χ0v) is 16.8. The first kappa shape index (κ1) is 20.3. The molecule has 2 fully saturated rings. The van der Waals surface area contributed by atoms with Gasteiger partial charge in [-0.1, -0.05) is 0 Å². The number of aliphatic hydroxyl groups excluding tert-OH is 1. The Morgan fingerprint density at radius 3 is 2.80 bits per heavy atom. The Bertz CT molecular complexity index is 1020. The third kappa shape index (κ3) is 4.16. The number of hydrogen-bond acceptors (Lipinski definition) is 6. The van der Waals surface area contributed by atoms with Gasteiger partial charge in [0, 0.05) is 31.4 Å². The summed E-state index contributed by atoms with van der Waals surface area (Å²) in [6.45, 7) is 1.14. The Morgan fingerprint density at radius 1 is 1.17 bits per heavy atom. The number of piperidine rings is 1. The van der Waals surface area contributed by atoms with Gasteiger partial charge in [0.05, 0.1) is 12.1 Å². The number of nitrogens with zero attached hydrogens (tertiary/aromatic N) is 3. The molecule has 2 aromatic heterocycles. The zero-order valence-electron chi connectivity index (χ0n) is 16.8. The van der Waals surface area contributed by atoms with Gasteiger partial charge < -0.3 is 20.3 Å². The molecule has 1 amide bonds. The second-order valence-electron chi connectivity index (χ2n) is 8.01. The van der Waals surface area contributed by atoms with Crippen molar-refractivity contribution in [2.75, 3.05) is 18.0 Å². The van der Waals surface area contributed by atoms with Crippen LogP contribution < -0.4 is 21.3 Å². The third-order valence-electron chi connectivity index (χ3n) is 6.05. The topological polar surface area (TPSA) is 120 Å². The highest BCUT2D eigenvalue weighted by atomic mass is 16.3. The Kier molecular flexibility index (Phi) is 5.98. The number of pyridine rings is 1. The van der Waals surface area contributed by atoms with Gasteiger partial charge in [-0.3, -0.25) is 14.4 Å². The van der Waals surface area contributed by atoms with Crippen molar-refractivity contribution in [3.63, 3.8) is 0 Å². The van der Waals surface area contributed by atoms with E-state index in [0.29, 0.717) is 18.8 Å². The third-order valence-corrected chi connectivity index (χ3v) is 6.05. The van der Waals surface area contributed by atoms with Crippen LogP contribution >= 0.6 is 0 Å². The summed E-state index contributed by atoms with van der Waals surface area (Å²) < 4.78 is 1.42.